The van der Waals surface area contributed by atoms with Gasteiger partial charge in [-0.2, -0.15) is 31.1 Å². The Bertz CT molecular complexity index is 1940. The van der Waals surface area contributed by atoms with Crippen LogP contribution in [-0.4, -0.2) is 72.2 Å². The average Bonchev–Trinajstić information content (AvgIpc) is 3.64. The van der Waals surface area contributed by atoms with Gasteiger partial charge in [0.1, 0.15) is 11.5 Å². The summed E-state index contributed by atoms with van der Waals surface area (Å²) in [5.74, 6) is -5.22. The number of nitrogens with one attached hydrogen (secondary N) is 1. The number of ether oxygens (including phenoxy) is 2. The number of anilines is 1. The first-order valence-corrected chi connectivity index (χ1v) is 14.3. The minimum atomic E-state index is -5.39. The smallest absolute Gasteiger partial charge is 0.493 e. The van der Waals surface area contributed by atoms with Crippen molar-refractivity contribution < 1.29 is 50.2 Å². The number of fused-ring (bicyclic) bond motifs is 2. The van der Waals surface area contributed by atoms with E-state index in [1.807, 2.05) is 35.4 Å². The maximum Gasteiger partial charge on any atom is 0.493 e. The Morgan fingerprint density at radius 2 is 1.51 bits per heavy atom. The number of carbonyl (C=O) groups is 2. The minimum absolute atomic E-state index is 0.0273. The molecule has 0 aliphatic carbocycles. The van der Waals surface area contributed by atoms with Crippen molar-refractivity contribution in [3.05, 3.63) is 78.6 Å². The lowest BCUT2D eigenvalue weighted by atomic mass is 10.0. The van der Waals surface area contributed by atoms with Gasteiger partial charge in [-0.3, -0.25) is 4.90 Å². The molecular weight excluding hydrogens is 634 g/mol. The number of aromatic amines is 1. The van der Waals surface area contributed by atoms with Crippen molar-refractivity contribution in [2.75, 3.05) is 38.2 Å². The van der Waals surface area contributed by atoms with Crippen LogP contribution in [0, 0.1) is 0 Å². The van der Waals surface area contributed by atoms with Crippen molar-refractivity contribution in [1.29, 1.82) is 0 Å². The van der Waals surface area contributed by atoms with Gasteiger partial charge in [0.25, 0.3) is 0 Å². The number of halogens is 6. The zero-order valence-corrected chi connectivity index (χ0v) is 24.6. The highest BCUT2D eigenvalue weighted by atomic mass is 19.4. The number of H-pyrrole nitrogens is 1. The van der Waals surface area contributed by atoms with Gasteiger partial charge in [0.15, 0.2) is 0 Å². The molecule has 3 heterocycles. The van der Waals surface area contributed by atoms with Gasteiger partial charge in [0.2, 0.25) is 0 Å². The maximum atomic E-state index is 13.5. The Hall–Kier alpha value is -5.18. The standard InChI is InChI=1S/C32H26F6N4O5/c1-45-20-10-8-19(9-11-20)27-25(18-40-14-16-41(17-15-40)23-5-2-4-22-21(23)12-13-39-22)42(47-30(44)32(36,37)38)24-6-3-7-26(28(24)27)46-29(43)31(33,34)35/h2-13,39H,14-18H2,1H3. The number of benzene rings is 3. The van der Waals surface area contributed by atoms with Crippen LogP contribution in [0.4, 0.5) is 32.0 Å². The van der Waals surface area contributed by atoms with Gasteiger partial charge in [-0.25, -0.2) is 9.59 Å². The van der Waals surface area contributed by atoms with E-state index in [-0.39, 0.29) is 28.7 Å². The number of alkyl halides is 6. The first-order chi connectivity index (χ1) is 22.3. The fourth-order valence-corrected chi connectivity index (χ4v) is 5.73. The fraction of sp³-hybridized carbons (Fsp3) is 0.250. The molecule has 0 radical (unpaired) electrons. The summed E-state index contributed by atoms with van der Waals surface area (Å²) in [5.41, 5.74) is 2.23. The molecule has 0 unspecified atom stereocenters. The summed E-state index contributed by atoms with van der Waals surface area (Å²) >= 11 is 0. The molecule has 1 N–H and O–H groups in total. The lowest BCUT2D eigenvalue weighted by Gasteiger charge is -2.36. The Morgan fingerprint density at radius 1 is 0.830 bits per heavy atom. The third kappa shape index (κ3) is 6.30. The quantitative estimate of drug-likeness (QED) is 0.128. The number of methoxy groups -OCH3 is 1. The molecule has 1 aliphatic rings. The Morgan fingerprint density at radius 3 is 2.17 bits per heavy atom. The maximum absolute atomic E-state index is 13.5. The number of carbonyl (C=O) groups excluding carboxylic acids is 2. The van der Waals surface area contributed by atoms with E-state index in [0.717, 1.165) is 22.7 Å². The summed E-state index contributed by atoms with van der Waals surface area (Å²) in [6.45, 7) is 1.88. The van der Waals surface area contributed by atoms with E-state index in [1.165, 1.54) is 19.2 Å². The molecule has 2 aromatic heterocycles. The van der Waals surface area contributed by atoms with Gasteiger partial charge in [-0.05, 0) is 48.0 Å². The highest BCUT2D eigenvalue weighted by molar-refractivity contribution is 6.03. The summed E-state index contributed by atoms with van der Waals surface area (Å²) in [4.78, 5) is 36.3. The topological polar surface area (TPSA) is 89.0 Å². The van der Waals surface area contributed by atoms with Gasteiger partial charge in [-0.1, -0.05) is 24.3 Å². The predicted molar refractivity (Wildman–Crippen MR) is 159 cm³/mol. The second-order valence-electron chi connectivity index (χ2n) is 10.7. The molecule has 0 bridgehead atoms. The first kappa shape index (κ1) is 31.8. The summed E-state index contributed by atoms with van der Waals surface area (Å²) in [7, 11) is 1.42. The number of hydrogen-bond donors (Lipinski definition) is 1. The van der Waals surface area contributed by atoms with Crippen molar-refractivity contribution in [3.63, 3.8) is 0 Å². The third-order valence-electron chi connectivity index (χ3n) is 7.88. The second kappa shape index (κ2) is 12.2. The van der Waals surface area contributed by atoms with Crippen LogP contribution in [0.15, 0.2) is 72.9 Å². The molecule has 1 aliphatic heterocycles. The van der Waals surface area contributed by atoms with Gasteiger partial charge in [-0.15, -0.1) is 0 Å². The number of hydrogen-bond acceptors (Lipinski definition) is 7. The summed E-state index contributed by atoms with van der Waals surface area (Å²) in [5, 5.41) is 0.876. The van der Waals surface area contributed by atoms with Crippen LogP contribution < -0.4 is 19.2 Å². The molecule has 3 aromatic carbocycles. The minimum Gasteiger partial charge on any atom is -0.497 e. The van der Waals surface area contributed by atoms with Gasteiger partial charge < -0.3 is 24.2 Å². The molecule has 0 spiro atoms. The van der Waals surface area contributed by atoms with Crippen LogP contribution in [0.5, 0.6) is 11.5 Å². The summed E-state index contributed by atoms with van der Waals surface area (Å²) in [6.07, 6.45) is -8.91. The highest BCUT2D eigenvalue weighted by Gasteiger charge is 2.44. The van der Waals surface area contributed by atoms with E-state index < -0.39 is 30.0 Å². The molecule has 1 saturated heterocycles. The molecular formula is C32H26F6N4O5. The van der Waals surface area contributed by atoms with Crippen LogP contribution in [0.3, 0.4) is 0 Å². The normalized spacial score (nSPS) is 14.5. The van der Waals surface area contributed by atoms with E-state index in [4.69, 9.17) is 14.3 Å². The van der Waals surface area contributed by atoms with Crippen molar-refractivity contribution in [1.82, 2.24) is 14.6 Å². The van der Waals surface area contributed by atoms with Crippen LogP contribution in [0.2, 0.25) is 0 Å². The van der Waals surface area contributed by atoms with Crippen LogP contribution in [-0.2, 0) is 16.1 Å². The molecule has 0 atom stereocenters. The first-order valence-electron chi connectivity index (χ1n) is 14.3. The van der Waals surface area contributed by atoms with E-state index in [2.05, 4.69) is 9.88 Å². The largest absolute Gasteiger partial charge is 0.497 e. The molecule has 15 heteroatoms. The summed E-state index contributed by atoms with van der Waals surface area (Å²) in [6, 6.07) is 17.6. The Kier molecular flexibility index (Phi) is 8.26. The molecule has 5 aromatic rings. The lowest BCUT2D eigenvalue weighted by Crippen LogP contribution is -2.46. The molecule has 1 fully saturated rings. The van der Waals surface area contributed by atoms with Crippen molar-refractivity contribution >= 4 is 39.4 Å². The third-order valence-corrected chi connectivity index (χ3v) is 7.88. The van der Waals surface area contributed by atoms with Crippen molar-refractivity contribution in [2.45, 2.75) is 18.9 Å². The Balaban J connectivity index is 1.45. The lowest BCUT2D eigenvalue weighted by molar-refractivity contribution is -0.199. The number of nitrogens with zero attached hydrogens (tertiary/aromatic N) is 3. The summed E-state index contributed by atoms with van der Waals surface area (Å²) < 4.78 is 90.9. The van der Waals surface area contributed by atoms with Gasteiger partial charge >= 0.3 is 24.3 Å². The van der Waals surface area contributed by atoms with E-state index in [9.17, 15) is 35.9 Å². The second-order valence-corrected chi connectivity index (χ2v) is 10.7. The average molecular weight is 661 g/mol. The van der Waals surface area contributed by atoms with Crippen LogP contribution in [0.25, 0.3) is 32.9 Å². The predicted octanol–water partition coefficient (Wildman–Crippen LogP) is 6.11. The molecule has 0 saturated carbocycles. The van der Waals surface area contributed by atoms with Gasteiger partial charge in [0.05, 0.1) is 23.7 Å². The zero-order valence-electron chi connectivity index (χ0n) is 24.6. The molecule has 6 rings (SSSR count). The van der Waals surface area contributed by atoms with Gasteiger partial charge in [0, 0.05) is 61.1 Å². The number of piperazine rings is 1. The van der Waals surface area contributed by atoms with Crippen LogP contribution >= 0.6 is 0 Å². The number of rotatable bonds is 7. The Labute approximate surface area is 262 Å². The molecule has 246 valence electrons. The number of aromatic nitrogens is 2. The SMILES string of the molecule is COc1ccc(-c2c(CN3CCN(c4cccc5[nH]ccc45)CC3)n(OC(=O)C(F)(F)F)c3cccc(OC(=O)C(F)(F)F)c23)cc1. The van der Waals surface area contributed by atoms with E-state index >= 15 is 0 Å². The zero-order chi connectivity index (χ0) is 33.5. The fourth-order valence-electron chi connectivity index (χ4n) is 5.73. The molecule has 0 amide bonds. The number of esters is 1. The van der Waals surface area contributed by atoms with Crippen LogP contribution in [0.1, 0.15) is 5.69 Å². The monoisotopic (exact) mass is 660 g/mol. The highest BCUT2D eigenvalue weighted by Crippen LogP contribution is 2.42. The molecule has 47 heavy (non-hydrogen) atoms. The molecule has 9 nitrogen and oxygen atoms in total. The van der Waals surface area contributed by atoms with E-state index in [0.29, 0.717) is 42.2 Å². The van der Waals surface area contributed by atoms with E-state index in [1.54, 1.807) is 24.3 Å². The van der Waals surface area contributed by atoms with Crippen molar-refractivity contribution in [3.8, 4) is 22.6 Å². The van der Waals surface area contributed by atoms with Crippen molar-refractivity contribution in [2.24, 2.45) is 0 Å².